The van der Waals surface area contributed by atoms with Gasteiger partial charge in [0.25, 0.3) is 0 Å². The summed E-state index contributed by atoms with van der Waals surface area (Å²) in [5.41, 5.74) is 1.41. The van der Waals surface area contributed by atoms with Crippen LogP contribution in [0.2, 0.25) is 10.0 Å². The first kappa shape index (κ1) is 18.6. The van der Waals surface area contributed by atoms with Gasteiger partial charge < -0.3 is 10.1 Å². The SMILES string of the molecule is COC(=O)c1c(Cl)cc(Cl)cc1NC(=O)CSc1ccccc1C. The Labute approximate surface area is 154 Å². The predicted molar refractivity (Wildman–Crippen MR) is 98.3 cm³/mol. The minimum atomic E-state index is -0.640. The van der Waals surface area contributed by atoms with Crippen LogP contribution in [-0.4, -0.2) is 24.7 Å². The fourth-order valence-electron chi connectivity index (χ4n) is 2.03. The highest BCUT2D eigenvalue weighted by atomic mass is 35.5. The van der Waals surface area contributed by atoms with Crippen molar-refractivity contribution in [3.05, 3.63) is 57.6 Å². The minimum Gasteiger partial charge on any atom is -0.465 e. The molecule has 0 heterocycles. The second-order valence-corrected chi connectivity index (χ2v) is 6.76. The highest BCUT2D eigenvalue weighted by Gasteiger charge is 2.19. The number of carbonyl (C=O) groups is 2. The molecule has 0 saturated heterocycles. The molecule has 2 aromatic rings. The lowest BCUT2D eigenvalue weighted by Gasteiger charge is -2.12. The van der Waals surface area contributed by atoms with Gasteiger partial charge in [-0.3, -0.25) is 4.79 Å². The lowest BCUT2D eigenvalue weighted by atomic mass is 10.1. The van der Waals surface area contributed by atoms with Gasteiger partial charge in [0.2, 0.25) is 5.91 Å². The van der Waals surface area contributed by atoms with Gasteiger partial charge in [0, 0.05) is 9.92 Å². The number of nitrogens with one attached hydrogen (secondary N) is 1. The Bertz CT molecular complexity index is 780. The molecule has 4 nitrogen and oxygen atoms in total. The highest BCUT2D eigenvalue weighted by Crippen LogP contribution is 2.30. The quantitative estimate of drug-likeness (QED) is 0.593. The van der Waals surface area contributed by atoms with E-state index in [2.05, 4.69) is 5.32 Å². The number of halogens is 2. The molecule has 2 aromatic carbocycles. The summed E-state index contributed by atoms with van der Waals surface area (Å²) in [6.07, 6.45) is 0. The van der Waals surface area contributed by atoms with Crippen molar-refractivity contribution in [2.45, 2.75) is 11.8 Å². The standard InChI is InChI=1S/C17H15Cl2NO3S/c1-10-5-3-4-6-14(10)24-9-15(21)20-13-8-11(18)7-12(19)16(13)17(22)23-2/h3-8H,9H2,1-2H3,(H,20,21). The van der Waals surface area contributed by atoms with E-state index in [0.29, 0.717) is 5.02 Å². The van der Waals surface area contributed by atoms with Gasteiger partial charge in [-0.2, -0.15) is 0 Å². The maximum atomic E-state index is 12.2. The molecule has 0 aliphatic heterocycles. The normalized spacial score (nSPS) is 10.3. The van der Waals surface area contributed by atoms with E-state index in [1.807, 2.05) is 31.2 Å². The molecule has 1 amide bonds. The second-order valence-electron chi connectivity index (χ2n) is 4.90. The molecule has 0 aromatic heterocycles. The van der Waals surface area contributed by atoms with E-state index in [0.717, 1.165) is 10.5 Å². The van der Waals surface area contributed by atoms with E-state index >= 15 is 0 Å². The molecule has 2 rings (SSSR count). The van der Waals surface area contributed by atoms with E-state index in [1.54, 1.807) is 0 Å². The lowest BCUT2D eigenvalue weighted by molar-refractivity contribution is -0.113. The summed E-state index contributed by atoms with van der Waals surface area (Å²) in [6, 6.07) is 10.7. The average Bonchev–Trinajstić information content (AvgIpc) is 2.53. The van der Waals surface area contributed by atoms with E-state index in [4.69, 9.17) is 27.9 Å². The number of carbonyl (C=O) groups excluding carboxylic acids is 2. The number of hydrogen-bond donors (Lipinski definition) is 1. The maximum Gasteiger partial charge on any atom is 0.341 e. The molecule has 0 saturated carbocycles. The molecule has 0 aliphatic rings. The van der Waals surface area contributed by atoms with E-state index in [1.165, 1.54) is 31.0 Å². The van der Waals surface area contributed by atoms with Crippen molar-refractivity contribution < 1.29 is 14.3 Å². The maximum absolute atomic E-state index is 12.2. The van der Waals surface area contributed by atoms with Crippen LogP contribution in [0.15, 0.2) is 41.3 Å². The summed E-state index contributed by atoms with van der Waals surface area (Å²) in [6.45, 7) is 1.98. The summed E-state index contributed by atoms with van der Waals surface area (Å²) < 4.78 is 4.70. The van der Waals surface area contributed by atoms with Gasteiger partial charge in [0.05, 0.1) is 23.6 Å². The van der Waals surface area contributed by atoms with Crippen molar-refractivity contribution in [3.63, 3.8) is 0 Å². The van der Waals surface area contributed by atoms with Gasteiger partial charge in [0.15, 0.2) is 0 Å². The molecule has 0 fully saturated rings. The fourth-order valence-corrected chi connectivity index (χ4v) is 3.43. The van der Waals surface area contributed by atoms with Crippen LogP contribution in [0.1, 0.15) is 15.9 Å². The largest absolute Gasteiger partial charge is 0.465 e. The first-order valence-electron chi connectivity index (χ1n) is 6.98. The van der Waals surface area contributed by atoms with Crippen molar-refractivity contribution in [1.82, 2.24) is 0 Å². The molecule has 0 unspecified atom stereocenters. The van der Waals surface area contributed by atoms with Gasteiger partial charge >= 0.3 is 5.97 Å². The molecule has 0 radical (unpaired) electrons. The Morgan fingerprint density at radius 2 is 1.92 bits per heavy atom. The van der Waals surface area contributed by atoms with Gasteiger partial charge in [0.1, 0.15) is 5.56 Å². The van der Waals surface area contributed by atoms with Crippen LogP contribution in [-0.2, 0) is 9.53 Å². The van der Waals surface area contributed by atoms with Crippen molar-refractivity contribution in [2.24, 2.45) is 0 Å². The second kappa shape index (κ2) is 8.42. The number of benzene rings is 2. The number of anilines is 1. The van der Waals surface area contributed by atoms with Crippen LogP contribution in [0.3, 0.4) is 0 Å². The molecule has 0 spiro atoms. The predicted octanol–water partition coefficient (Wildman–Crippen LogP) is 4.82. The Hall–Kier alpha value is -1.69. The number of thioether (sulfide) groups is 1. The van der Waals surface area contributed by atoms with Crippen LogP contribution >= 0.6 is 35.0 Å². The first-order chi connectivity index (χ1) is 11.4. The van der Waals surface area contributed by atoms with Gasteiger partial charge in [-0.15, -0.1) is 11.8 Å². The summed E-state index contributed by atoms with van der Waals surface area (Å²) >= 11 is 13.4. The van der Waals surface area contributed by atoms with Crippen molar-refractivity contribution in [3.8, 4) is 0 Å². The smallest absolute Gasteiger partial charge is 0.341 e. The number of aryl methyl sites for hydroxylation is 1. The van der Waals surface area contributed by atoms with Crippen LogP contribution in [0.25, 0.3) is 0 Å². The summed E-state index contributed by atoms with van der Waals surface area (Å²) in [7, 11) is 1.24. The zero-order valence-corrected chi connectivity index (χ0v) is 15.4. The third kappa shape index (κ3) is 4.66. The summed E-state index contributed by atoms with van der Waals surface area (Å²) in [5.74, 6) is -0.722. The van der Waals surface area contributed by atoms with Crippen molar-refractivity contribution in [1.29, 1.82) is 0 Å². The fraction of sp³-hybridized carbons (Fsp3) is 0.176. The first-order valence-corrected chi connectivity index (χ1v) is 8.72. The molecule has 0 aliphatic carbocycles. The van der Waals surface area contributed by atoms with Gasteiger partial charge in [-0.25, -0.2) is 4.79 Å². The van der Waals surface area contributed by atoms with E-state index < -0.39 is 5.97 Å². The van der Waals surface area contributed by atoms with Crippen LogP contribution in [0.4, 0.5) is 5.69 Å². The van der Waals surface area contributed by atoms with Crippen molar-refractivity contribution in [2.75, 3.05) is 18.2 Å². The summed E-state index contributed by atoms with van der Waals surface area (Å²) in [4.78, 5) is 25.1. The Balaban J connectivity index is 2.14. The third-order valence-corrected chi connectivity index (χ3v) is 4.86. The molecule has 1 N–H and O–H groups in total. The minimum absolute atomic E-state index is 0.0813. The lowest BCUT2D eigenvalue weighted by Crippen LogP contribution is -2.17. The van der Waals surface area contributed by atoms with E-state index in [9.17, 15) is 9.59 Å². The molecule has 0 atom stereocenters. The topological polar surface area (TPSA) is 55.4 Å². The Morgan fingerprint density at radius 1 is 1.21 bits per heavy atom. The molecule has 126 valence electrons. The zero-order chi connectivity index (χ0) is 17.7. The number of amides is 1. The monoisotopic (exact) mass is 383 g/mol. The van der Waals surface area contributed by atoms with Crippen LogP contribution in [0, 0.1) is 6.92 Å². The number of ether oxygens (including phenoxy) is 1. The van der Waals surface area contributed by atoms with Crippen LogP contribution in [0.5, 0.6) is 0 Å². The zero-order valence-electron chi connectivity index (χ0n) is 13.1. The molecular formula is C17H15Cl2NO3S. The number of methoxy groups -OCH3 is 1. The van der Waals surface area contributed by atoms with E-state index in [-0.39, 0.29) is 27.9 Å². The van der Waals surface area contributed by atoms with Gasteiger partial charge in [-0.05, 0) is 30.7 Å². The van der Waals surface area contributed by atoms with Crippen molar-refractivity contribution >= 4 is 52.5 Å². The summed E-state index contributed by atoms with van der Waals surface area (Å²) in [5, 5.41) is 3.10. The number of rotatable bonds is 5. The Morgan fingerprint density at radius 3 is 2.58 bits per heavy atom. The molecular weight excluding hydrogens is 369 g/mol. The average molecular weight is 384 g/mol. The third-order valence-electron chi connectivity index (χ3n) is 3.17. The number of hydrogen-bond acceptors (Lipinski definition) is 4. The number of esters is 1. The molecule has 24 heavy (non-hydrogen) atoms. The highest BCUT2D eigenvalue weighted by molar-refractivity contribution is 8.00. The molecule has 7 heteroatoms. The van der Waals surface area contributed by atoms with Crippen LogP contribution < -0.4 is 5.32 Å². The Kier molecular flexibility index (Phi) is 6.54. The van der Waals surface area contributed by atoms with Gasteiger partial charge in [-0.1, -0.05) is 41.4 Å². The molecule has 0 bridgehead atoms.